The fraction of sp³-hybridized carbons (Fsp3) is 0.316. The Morgan fingerprint density at radius 3 is 2.74 bits per heavy atom. The van der Waals surface area contributed by atoms with E-state index in [1.807, 2.05) is 6.92 Å². The fourth-order valence-electron chi connectivity index (χ4n) is 2.81. The monoisotopic (exact) mass is 390 g/mol. The molecule has 0 unspecified atom stereocenters. The van der Waals surface area contributed by atoms with Crippen LogP contribution in [0.15, 0.2) is 47.4 Å². The molecule has 1 amide bonds. The molecule has 0 bridgehead atoms. The summed E-state index contributed by atoms with van der Waals surface area (Å²) in [6.45, 7) is 2.04. The van der Waals surface area contributed by atoms with Gasteiger partial charge in [0.2, 0.25) is 0 Å². The highest BCUT2D eigenvalue weighted by Crippen LogP contribution is 2.34. The van der Waals surface area contributed by atoms with Gasteiger partial charge in [0.25, 0.3) is 15.9 Å². The molecule has 1 aliphatic heterocycles. The standard InChI is InChI=1S/C19H22N2O5S/c1-3-4-8-18-19(22)20-15-12-13(10-11-17(15)26-18)27(23,24)21-14-7-5-6-9-16(14)25-2/h5-7,9-12,18,21H,3-4,8H2,1-2H3,(H,20,22)/t18-/m1/s1. The third kappa shape index (κ3) is 4.16. The minimum absolute atomic E-state index is 0.0167. The van der Waals surface area contributed by atoms with Crippen LogP contribution in [0, 0.1) is 0 Å². The van der Waals surface area contributed by atoms with E-state index >= 15 is 0 Å². The Balaban J connectivity index is 1.84. The quantitative estimate of drug-likeness (QED) is 0.756. The zero-order valence-corrected chi connectivity index (χ0v) is 16.0. The summed E-state index contributed by atoms with van der Waals surface area (Å²) in [5.41, 5.74) is 0.674. The highest BCUT2D eigenvalue weighted by molar-refractivity contribution is 7.92. The van der Waals surface area contributed by atoms with Crippen LogP contribution in [0.4, 0.5) is 11.4 Å². The number of rotatable bonds is 7. The molecule has 0 saturated carbocycles. The molecular weight excluding hydrogens is 368 g/mol. The second-order valence-electron chi connectivity index (χ2n) is 6.20. The molecular formula is C19H22N2O5S. The summed E-state index contributed by atoms with van der Waals surface area (Å²) >= 11 is 0. The van der Waals surface area contributed by atoms with Crippen molar-refractivity contribution in [3.05, 3.63) is 42.5 Å². The molecule has 0 spiro atoms. The number of unbranched alkanes of at least 4 members (excludes halogenated alkanes) is 1. The van der Waals surface area contributed by atoms with Crippen molar-refractivity contribution < 1.29 is 22.7 Å². The maximum absolute atomic E-state index is 12.7. The lowest BCUT2D eigenvalue weighted by Gasteiger charge is -2.26. The number of ether oxygens (including phenoxy) is 2. The molecule has 2 aromatic rings. The number of anilines is 2. The van der Waals surface area contributed by atoms with Crippen LogP contribution in [0.5, 0.6) is 11.5 Å². The van der Waals surface area contributed by atoms with E-state index in [0.29, 0.717) is 29.3 Å². The van der Waals surface area contributed by atoms with Crippen LogP contribution < -0.4 is 19.5 Å². The summed E-state index contributed by atoms with van der Waals surface area (Å²) in [5.74, 6) is 0.615. The van der Waals surface area contributed by atoms with Crippen molar-refractivity contribution in [2.24, 2.45) is 0 Å². The number of para-hydroxylation sites is 2. The molecule has 0 aromatic heterocycles. The topological polar surface area (TPSA) is 93.7 Å². The molecule has 1 atom stereocenters. The number of fused-ring (bicyclic) bond motifs is 1. The Labute approximate surface area is 158 Å². The Morgan fingerprint density at radius 1 is 1.22 bits per heavy atom. The van der Waals surface area contributed by atoms with Crippen LogP contribution >= 0.6 is 0 Å². The summed E-state index contributed by atoms with van der Waals surface area (Å²) in [6, 6.07) is 11.1. The van der Waals surface area contributed by atoms with Gasteiger partial charge in [-0.3, -0.25) is 9.52 Å². The average molecular weight is 390 g/mol. The number of methoxy groups -OCH3 is 1. The van der Waals surface area contributed by atoms with Crippen molar-refractivity contribution in [3.63, 3.8) is 0 Å². The number of amides is 1. The van der Waals surface area contributed by atoms with Gasteiger partial charge in [-0.1, -0.05) is 25.5 Å². The molecule has 0 radical (unpaired) electrons. The number of nitrogens with one attached hydrogen (secondary N) is 2. The van der Waals surface area contributed by atoms with Crippen LogP contribution in [0.3, 0.4) is 0 Å². The van der Waals surface area contributed by atoms with Gasteiger partial charge < -0.3 is 14.8 Å². The molecule has 8 heteroatoms. The number of hydrogen-bond donors (Lipinski definition) is 2. The zero-order chi connectivity index (χ0) is 19.4. The molecule has 7 nitrogen and oxygen atoms in total. The first-order valence-corrected chi connectivity index (χ1v) is 10.2. The van der Waals surface area contributed by atoms with Crippen LogP contribution in [-0.4, -0.2) is 27.5 Å². The van der Waals surface area contributed by atoms with Crippen molar-refractivity contribution >= 4 is 27.3 Å². The first kappa shape index (κ1) is 19.0. The Morgan fingerprint density at radius 2 is 2.00 bits per heavy atom. The first-order chi connectivity index (χ1) is 12.9. The molecule has 1 aliphatic rings. The van der Waals surface area contributed by atoms with Crippen molar-refractivity contribution in [3.8, 4) is 11.5 Å². The van der Waals surface area contributed by atoms with Crippen molar-refractivity contribution in [1.82, 2.24) is 0 Å². The third-order valence-electron chi connectivity index (χ3n) is 4.25. The van der Waals surface area contributed by atoms with Crippen LogP contribution in [-0.2, 0) is 14.8 Å². The molecule has 2 aromatic carbocycles. The van der Waals surface area contributed by atoms with E-state index in [2.05, 4.69) is 10.0 Å². The smallest absolute Gasteiger partial charge is 0.265 e. The maximum atomic E-state index is 12.7. The maximum Gasteiger partial charge on any atom is 0.265 e. The molecule has 1 heterocycles. The van der Waals surface area contributed by atoms with E-state index in [0.717, 1.165) is 12.8 Å². The number of hydrogen-bond acceptors (Lipinski definition) is 5. The molecule has 144 valence electrons. The average Bonchev–Trinajstić information content (AvgIpc) is 2.66. The molecule has 27 heavy (non-hydrogen) atoms. The molecule has 2 N–H and O–H groups in total. The zero-order valence-electron chi connectivity index (χ0n) is 15.2. The summed E-state index contributed by atoms with van der Waals surface area (Å²) in [7, 11) is -2.40. The van der Waals surface area contributed by atoms with Gasteiger partial charge in [0.15, 0.2) is 6.10 Å². The minimum Gasteiger partial charge on any atom is -0.495 e. The van der Waals surface area contributed by atoms with Gasteiger partial charge in [-0.15, -0.1) is 0 Å². The van der Waals surface area contributed by atoms with E-state index < -0.39 is 16.1 Å². The lowest BCUT2D eigenvalue weighted by molar-refractivity contribution is -0.123. The summed E-state index contributed by atoms with van der Waals surface area (Å²) in [4.78, 5) is 12.2. The molecule has 3 rings (SSSR count). The Kier molecular flexibility index (Phi) is 5.55. The largest absolute Gasteiger partial charge is 0.495 e. The normalized spacial score (nSPS) is 16.1. The van der Waals surface area contributed by atoms with Gasteiger partial charge in [0, 0.05) is 0 Å². The van der Waals surface area contributed by atoms with E-state index in [-0.39, 0.29) is 10.8 Å². The van der Waals surface area contributed by atoms with Crippen molar-refractivity contribution in [2.45, 2.75) is 37.2 Å². The molecule has 0 fully saturated rings. The lowest BCUT2D eigenvalue weighted by Crippen LogP contribution is -2.37. The van der Waals surface area contributed by atoms with Gasteiger partial charge in [-0.2, -0.15) is 0 Å². The van der Waals surface area contributed by atoms with E-state index in [4.69, 9.17) is 9.47 Å². The van der Waals surface area contributed by atoms with Crippen molar-refractivity contribution in [1.29, 1.82) is 0 Å². The van der Waals surface area contributed by atoms with E-state index in [1.165, 1.54) is 19.2 Å². The predicted octanol–water partition coefficient (Wildman–Crippen LogP) is 3.39. The van der Waals surface area contributed by atoms with Gasteiger partial charge in [-0.25, -0.2) is 8.42 Å². The highest BCUT2D eigenvalue weighted by atomic mass is 32.2. The third-order valence-corrected chi connectivity index (χ3v) is 5.62. The van der Waals surface area contributed by atoms with E-state index in [1.54, 1.807) is 30.3 Å². The number of benzene rings is 2. The SMILES string of the molecule is CCCC[C@H]1Oc2ccc(S(=O)(=O)Nc3ccccc3OC)cc2NC1=O. The first-order valence-electron chi connectivity index (χ1n) is 8.72. The summed E-state index contributed by atoms with van der Waals surface area (Å²) in [6.07, 6.45) is 1.91. The second-order valence-corrected chi connectivity index (χ2v) is 7.88. The van der Waals surface area contributed by atoms with Crippen LogP contribution in [0.2, 0.25) is 0 Å². The number of carbonyl (C=O) groups is 1. The van der Waals surface area contributed by atoms with Crippen molar-refractivity contribution in [2.75, 3.05) is 17.1 Å². The Bertz CT molecular complexity index is 943. The molecule has 0 aliphatic carbocycles. The van der Waals surface area contributed by atoms with Gasteiger partial charge in [0.1, 0.15) is 11.5 Å². The highest BCUT2D eigenvalue weighted by Gasteiger charge is 2.28. The van der Waals surface area contributed by atoms with E-state index in [9.17, 15) is 13.2 Å². The van der Waals surface area contributed by atoms with Crippen LogP contribution in [0.25, 0.3) is 0 Å². The lowest BCUT2D eigenvalue weighted by atomic mass is 10.1. The summed E-state index contributed by atoms with van der Waals surface area (Å²) < 4.78 is 38.8. The second kappa shape index (κ2) is 7.87. The van der Waals surface area contributed by atoms with Crippen LogP contribution in [0.1, 0.15) is 26.2 Å². The minimum atomic E-state index is -3.86. The number of carbonyl (C=O) groups excluding carboxylic acids is 1. The fourth-order valence-corrected chi connectivity index (χ4v) is 3.91. The van der Waals surface area contributed by atoms with Gasteiger partial charge in [0.05, 0.1) is 23.4 Å². The van der Waals surface area contributed by atoms with Gasteiger partial charge >= 0.3 is 0 Å². The summed E-state index contributed by atoms with van der Waals surface area (Å²) in [5, 5.41) is 2.74. The molecule has 0 saturated heterocycles. The van der Waals surface area contributed by atoms with Gasteiger partial charge in [-0.05, 0) is 43.2 Å². The number of sulfonamides is 1. The predicted molar refractivity (Wildman–Crippen MR) is 103 cm³/mol. The Hall–Kier alpha value is -2.74.